The number of carbonyl (C=O) groups is 1. The summed E-state index contributed by atoms with van der Waals surface area (Å²) in [6.45, 7) is 6.32. The van der Waals surface area contributed by atoms with Crippen LogP contribution in [0, 0.1) is 0 Å². The molecule has 1 atom stereocenters. The quantitative estimate of drug-likeness (QED) is 0.574. The number of rotatable bonds is 7. The van der Waals surface area contributed by atoms with Crippen LogP contribution in [-0.2, 0) is 0 Å². The van der Waals surface area contributed by atoms with Crippen LogP contribution in [0.5, 0.6) is 0 Å². The molecule has 0 aliphatic carbocycles. The number of nitrogens with one attached hydrogen (secondary N) is 2. The molecule has 3 rings (SSSR count). The lowest BCUT2D eigenvalue weighted by molar-refractivity contribution is -0.00177. The standard InChI is InChI=1S/C19H24FN5O3/c1-11(2)24-17-14(18(26)21-8-16(20)19(3,4)27)7-22-25-9-12(5-15(17)25)13-6-23-28-10-13/h5-7,9-11,16,24,27H,8H2,1-4H3,(H,21,26). The molecule has 150 valence electrons. The van der Waals surface area contributed by atoms with Gasteiger partial charge in [0, 0.05) is 23.4 Å². The molecule has 0 saturated heterocycles. The van der Waals surface area contributed by atoms with Gasteiger partial charge in [0.2, 0.25) is 0 Å². The van der Waals surface area contributed by atoms with Crippen molar-refractivity contribution < 1.29 is 18.8 Å². The van der Waals surface area contributed by atoms with Crippen molar-refractivity contribution in [2.75, 3.05) is 11.9 Å². The third kappa shape index (κ3) is 4.14. The third-order valence-corrected chi connectivity index (χ3v) is 4.29. The zero-order valence-electron chi connectivity index (χ0n) is 16.2. The minimum atomic E-state index is -1.59. The van der Waals surface area contributed by atoms with Gasteiger partial charge in [-0.15, -0.1) is 0 Å². The molecule has 1 unspecified atom stereocenters. The number of amides is 1. The van der Waals surface area contributed by atoms with Crippen LogP contribution in [0.25, 0.3) is 16.6 Å². The summed E-state index contributed by atoms with van der Waals surface area (Å²) in [5.41, 5.74) is 1.66. The van der Waals surface area contributed by atoms with Gasteiger partial charge in [-0.05, 0) is 33.8 Å². The van der Waals surface area contributed by atoms with Crippen LogP contribution in [0.15, 0.2) is 35.4 Å². The van der Waals surface area contributed by atoms with E-state index in [2.05, 4.69) is 20.9 Å². The first kappa shape index (κ1) is 19.8. The summed E-state index contributed by atoms with van der Waals surface area (Å²) < 4.78 is 20.5. The smallest absolute Gasteiger partial charge is 0.255 e. The van der Waals surface area contributed by atoms with Crippen molar-refractivity contribution in [2.24, 2.45) is 0 Å². The molecule has 0 aliphatic rings. The molecule has 9 heteroatoms. The van der Waals surface area contributed by atoms with Crippen molar-refractivity contribution in [1.82, 2.24) is 20.1 Å². The number of hydrogen-bond donors (Lipinski definition) is 3. The average molecular weight is 389 g/mol. The summed E-state index contributed by atoms with van der Waals surface area (Å²) >= 11 is 0. The van der Waals surface area contributed by atoms with E-state index in [4.69, 9.17) is 4.52 Å². The van der Waals surface area contributed by atoms with Crippen LogP contribution in [0.4, 0.5) is 10.1 Å². The van der Waals surface area contributed by atoms with Crippen molar-refractivity contribution in [3.05, 3.63) is 36.5 Å². The SMILES string of the molecule is CC(C)Nc1c(C(=O)NCC(F)C(C)(C)O)cnn2cc(-c3cnoc3)cc12. The fourth-order valence-electron chi connectivity index (χ4n) is 2.70. The van der Waals surface area contributed by atoms with Crippen LogP contribution in [0.2, 0.25) is 0 Å². The first-order chi connectivity index (χ1) is 13.2. The molecule has 3 aromatic rings. The van der Waals surface area contributed by atoms with E-state index >= 15 is 0 Å². The van der Waals surface area contributed by atoms with Gasteiger partial charge in [-0.3, -0.25) is 4.79 Å². The van der Waals surface area contributed by atoms with Gasteiger partial charge in [-0.25, -0.2) is 8.91 Å². The summed E-state index contributed by atoms with van der Waals surface area (Å²) in [4.78, 5) is 12.7. The highest BCUT2D eigenvalue weighted by molar-refractivity contribution is 6.03. The fraction of sp³-hybridized carbons (Fsp3) is 0.421. The normalized spacial score (nSPS) is 13.1. The zero-order chi connectivity index (χ0) is 20.5. The molecule has 28 heavy (non-hydrogen) atoms. The Balaban J connectivity index is 1.96. The Labute approximate surface area is 161 Å². The van der Waals surface area contributed by atoms with Crippen molar-refractivity contribution in [3.8, 4) is 11.1 Å². The van der Waals surface area contributed by atoms with Gasteiger partial charge in [-0.2, -0.15) is 5.10 Å². The molecular weight excluding hydrogens is 365 g/mol. The van der Waals surface area contributed by atoms with Crippen molar-refractivity contribution in [2.45, 2.75) is 45.5 Å². The lowest BCUT2D eigenvalue weighted by Crippen LogP contribution is -2.42. The Morgan fingerprint density at radius 2 is 2.11 bits per heavy atom. The number of carbonyl (C=O) groups excluding carboxylic acids is 1. The van der Waals surface area contributed by atoms with Crippen molar-refractivity contribution in [1.29, 1.82) is 0 Å². The summed E-state index contributed by atoms with van der Waals surface area (Å²) in [5, 5.41) is 23.5. The number of fused-ring (bicyclic) bond motifs is 1. The second-order valence-electron chi connectivity index (χ2n) is 7.54. The predicted octanol–water partition coefficient (Wildman–Crippen LogP) is 2.65. The number of aromatic nitrogens is 3. The number of nitrogens with zero attached hydrogens (tertiary/aromatic N) is 3. The van der Waals surface area contributed by atoms with Crippen molar-refractivity contribution >= 4 is 17.1 Å². The Kier molecular flexibility index (Phi) is 5.37. The molecule has 0 spiro atoms. The molecule has 0 radical (unpaired) electrons. The van der Waals surface area contributed by atoms with Gasteiger partial charge in [0.1, 0.15) is 12.4 Å². The van der Waals surface area contributed by atoms with Gasteiger partial charge < -0.3 is 20.3 Å². The highest BCUT2D eigenvalue weighted by atomic mass is 19.1. The molecule has 0 saturated carbocycles. The first-order valence-corrected chi connectivity index (χ1v) is 8.99. The molecule has 0 aliphatic heterocycles. The van der Waals surface area contributed by atoms with Crippen LogP contribution in [0.1, 0.15) is 38.1 Å². The Hall–Kier alpha value is -2.94. The van der Waals surface area contributed by atoms with Gasteiger partial charge in [-0.1, -0.05) is 5.16 Å². The van der Waals surface area contributed by atoms with E-state index in [-0.39, 0.29) is 12.6 Å². The van der Waals surface area contributed by atoms with E-state index in [0.717, 1.165) is 11.1 Å². The minimum absolute atomic E-state index is 0.0528. The molecule has 3 N–H and O–H groups in total. The molecule has 1 amide bonds. The van der Waals surface area contributed by atoms with Gasteiger partial charge in [0.15, 0.2) is 0 Å². The molecule has 3 heterocycles. The third-order valence-electron chi connectivity index (χ3n) is 4.29. The highest BCUT2D eigenvalue weighted by Gasteiger charge is 2.27. The van der Waals surface area contributed by atoms with E-state index in [1.54, 1.807) is 16.9 Å². The van der Waals surface area contributed by atoms with Gasteiger partial charge >= 0.3 is 0 Å². The Bertz CT molecular complexity index is 960. The summed E-state index contributed by atoms with van der Waals surface area (Å²) in [6, 6.07) is 1.92. The number of halogens is 1. The Morgan fingerprint density at radius 3 is 2.71 bits per heavy atom. The first-order valence-electron chi connectivity index (χ1n) is 8.99. The molecule has 0 aromatic carbocycles. The monoisotopic (exact) mass is 389 g/mol. The van der Waals surface area contributed by atoms with E-state index in [0.29, 0.717) is 16.8 Å². The van der Waals surface area contributed by atoms with Crippen molar-refractivity contribution in [3.63, 3.8) is 0 Å². The van der Waals surface area contributed by atoms with Gasteiger partial charge in [0.25, 0.3) is 5.91 Å². The summed E-state index contributed by atoms with van der Waals surface area (Å²) in [6.07, 6.45) is 4.76. The lowest BCUT2D eigenvalue weighted by atomic mass is 10.0. The summed E-state index contributed by atoms with van der Waals surface area (Å²) in [5.74, 6) is -0.474. The lowest BCUT2D eigenvalue weighted by Gasteiger charge is -2.23. The second-order valence-corrected chi connectivity index (χ2v) is 7.54. The zero-order valence-corrected chi connectivity index (χ0v) is 16.2. The van der Waals surface area contributed by atoms with E-state index in [1.807, 2.05) is 19.9 Å². The topological polar surface area (TPSA) is 105 Å². The molecule has 3 aromatic heterocycles. The van der Waals surface area contributed by atoms with E-state index in [1.165, 1.54) is 26.3 Å². The predicted molar refractivity (Wildman–Crippen MR) is 103 cm³/mol. The number of aliphatic hydroxyl groups is 1. The van der Waals surface area contributed by atoms with Crippen LogP contribution >= 0.6 is 0 Å². The van der Waals surface area contributed by atoms with E-state index in [9.17, 15) is 14.3 Å². The maximum atomic E-state index is 14.0. The van der Waals surface area contributed by atoms with Gasteiger partial charge in [0.05, 0.1) is 41.3 Å². The van der Waals surface area contributed by atoms with Crippen LogP contribution in [0.3, 0.4) is 0 Å². The van der Waals surface area contributed by atoms with E-state index < -0.39 is 17.7 Å². The number of anilines is 1. The number of alkyl halides is 1. The second kappa shape index (κ2) is 7.59. The molecule has 8 nitrogen and oxygen atoms in total. The average Bonchev–Trinajstić information content (AvgIpc) is 3.27. The maximum absolute atomic E-state index is 14.0. The minimum Gasteiger partial charge on any atom is -0.387 e. The fourth-order valence-corrected chi connectivity index (χ4v) is 2.70. The molecule has 0 bridgehead atoms. The highest BCUT2D eigenvalue weighted by Crippen LogP contribution is 2.29. The maximum Gasteiger partial charge on any atom is 0.255 e. The summed E-state index contributed by atoms with van der Waals surface area (Å²) in [7, 11) is 0. The van der Waals surface area contributed by atoms with Crippen LogP contribution < -0.4 is 10.6 Å². The molecular formula is C19H24FN5O3. The molecule has 0 fully saturated rings. The Morgan fingerprint density at radius 1 is 1.36 bits per heavy atom. The number of hydrogen-bond acceptors (Lipinski definition) is 6. The largest absolute Gasteiger partial charge is 0.387 e. The van der Waals surface area contributed by atoms with Crippen LogP contribution in [-0.4, -0.2) is 50.1 Å².